The predicted octanol–water partition coefficient (Wildman–Crippen LogP) is 3.47. The van der Waals surface area contributed by atoms with E-state index in [1.807, 2.05) is 30.3 Å². The lowest BCUT2D eigenvalue weighted by Gasteiger charge is -2.26. The molecule has 0 fully saturated rings. The number of rotatable bonds is 8. The first-order valence-corrected chi connectivity index (χ1v) is 8.34. The average molecular weight is 345 g/mol. The second-order valence-corrected chi connectivity index (χ2v) is 6.80. The van der Waals surface area contributed by atoms with Gasteiger partial charge in [0.15, 0.2) is 5.78 Å². The quantitative estimate of drug-likeness (QED) is 0.733. The van der Waals surface area contributed by atoms with Crippen molar-refractivity contribution in [1.82, 2.24) is 5.32 Å². The Bertz CT molecular complexity index is 598. The van der Waals surface area contributed by atoms with Crippen molar-refractivity contribution in [3.05, 3.63) is 35.9 Å². The van der Waals surface area contributed by atoms with Gasteiger partial charge in [0.25, 0.3) is 0 Å². The van der Waals surface area contributed by atoms with Crippen molar-refractivity contribution >= 4 is 11.9 Å². The molecule has 0 spiro atoms. The maximum absolute atomic E-state index is 12.4. The molecule has 0 bridgehead atoms. The highest BCUT2D eigenvalue weighted by molar-refractivity contribution is 5.88. The van der Waals surface area contributed by atoms with E-state index in [0.29, 0.717) is 13.0 Å². The first-order chi connectivity index (χ1) is 11.7. The van der Waals surface area contributed by atoms with Gasteiger partial charge in [-0.25, -0.2) is 4.79 Å². The molecule has 1 rings (SSSR count). The largest absolute Gasteiger partial charge is 0.444 e. The van der Waals surface area contributed by atoms with Gasteiger partial charge in [0.1, 0.15) is 11.6 Å². The van der Waals surface area contributed by atoms with Crippen LogP contribution in [-0.2, 0) is 20.9 Å². The minimum atomic E-state index is -0.813. The lowest BCUT2D eigenvalue weighted by molar-refractivity contribution is -0.125. The number of Topliss-reactive ketones (excluding diaryl/α,β-unsaturated/α-hetero) is 1. The molecule has 5 nitrogen and oxygen atoms in total. The van der Waals surface area contributed by atoms with Crippen molar-refractivity contribution in [2.24, 2.45) is 0 Å². The number of hydrogen-bond acceptors (Lipinski definition) is 4. The van der Waals surface area contributed by atoms with E-state index in [4.69, 9.17) is 15.9 Å². The van der Waals surface area contributed by atoms with E-state index in [2.05, 4.69) is 11.2 Å². The summed E-state index contributed by atoms with van der Waals surface area (Å²) in [7, 11) is 0. The maximum Gasteiger partial charge on any atom is 0.408 e. The Balaban J connectivity index is 2.73. The molecule has 0 aliphatic heterocycles. The minimum absolute atomic E-state index is 0.177. The molecular weight excluding hydrogens is 318 g/mol. The molecule has 5 heteroatoms. The van der Waals surface area contributed by atoms with Crippen LogP contribution in [0.1, 0.15) is 46.1 Å². The lowest BCUT2D eigenvalue weighted by atomic mass is 10.0. The highest BCUT2D eigenvalue weighted by atomic mass is 16.6. The second kappa shape index (κ2) is 9.85. The van der Waals surface area contributed by atoms with E-state index < -0.39 is 23.8 Å². The van der Waals surface area contributed by atoms with Gasteiger partial charge >= 0.3 is 6.09 Å². The standard InChI is InChI=1S/C20H27NO4/c1-6-7-13-17(22)18(21-19(23)25-20(3,4)5)15(2)24-14-16-11-9-8-10-12-16/h1,8-12,15,18H,7,13-14H2,2-5H3,(H,21,23). The summed E-state index contributed by atoms with van der Waals surface area (Å²) in [4.78, 5) is 24.5. The summed E-state index contributed by atoms with van der Waals surface area (Å²) in [6, 6.07) is 8.80. The van der Waals surface area contributed by atoms with Crippen LogP contribution < -0.4 is 5.32 Å². The Morgan fingerprint density at radius 3 is 2.44 bits per heavy atom. The van der Waals surface area contributed by atoms with E-state index in [9.17, 15) is 9.59 Å². The van der Waals surface area contributed by atoms with Gasteiger partial charge < -0.3 is 14.8 Å². The molecular formula is C20H27NO4. The first kappa shape index (κ1) is 20.7. The van der Waals surface area contributed by atoms with Crippen LogP contribution in [0.5, 0.6) is 0 Å². The molecule has 136 valence electrons. The van der Waals surface area contributed by atoms with Gasteiger partial charge in [-0.3, -0.25) is 4.79 Å². The number of amides is 1. The van der Waals surface area contributed by atoms with Crippen molar-refractivity contribution < 1.29 is 19.1 Å². The van der Waals surface area contributed by atoms with Crippen LogP contribution in [-0.4, -0.2) is 29.6 Å². The molecule has 1 N–H and O–H groups in total. The summed E-state index contributed by atoms with van der Waals surface area (Å²) in [5.41, 5.74) is 0.339. The Morgan fingerprint density at radius 1 is 1.24 bits per heavy atom. The molecule has 0 radical (unpaired) electrons. The topological polar surface area (TPSA) is 64.6 Å². The Hall–Kier alpha value is -2.32. The van der Waals surface area contributed by atoms with Crippen LogP contribution in [0, 0.1) is 12.3 Å². The zero-order chi connectivity index (χ0) is 18.9. The van der Waals surface area contributed by atoms with Gasteiger partial charge in [-0.2, -0.15) is 0 Å². The van der Waals surface area contributed by atoms with Crippen LogP contribution in [0.15, 0.2) is 30.3 Å². The molecule has 1 amide bonds. The van der Waals surface area contributed by atoms with Gasteiger partial charge in [0.05, 0.1) is 12.7 Å². The summed E-state index contributed by atoms with van der Waals surface area (Å²) >= 11 is 0. The molecule has 1 aromatic rings. The van der Waals surface area contributed by atoms with Crippen LogP contribution >= 0.6 is 0 Å². The van der Waals surface area contributed by atoms with E-state index in [-0.39, 0.29) is 12.2 Å². The zero-order valence-corrected chi connectivity index (χ0v) is 15.4. The van der Waals surface area contributed by atoms with E-state index in [1.165, 1.54) is 0 Å². The SMILES string of the molecule is C#CCCC(=O)C(NC(=O)OC(C)(C)C)C(C)OCc1ccccc1. The van der Waals surface area contributed by atoms with Crippen molar-refractivity contribution in [1.29, 1.82) is 0 Å². The molecule has 2 unspecified atom stereocenters. The normalized spacial score (nSPS) is 13.4. The van der Waals surface area contributed by atoms with Crippen molar-refractivity contribution in [2.75, 3.05) is 0 Å². The summed E-state index contributed by atoms with van der Waals surface area (Å²) in [5.74, 6) is 2.26. The fourth-order valence-electron chi connectivity index (χ4n) is 2.14. The molecule has 0 heterocycles. The lowest BCUT2D eigenvalue weighted by Crippen LogP contribution is -2.50. The summed E-state index contributed by atoms with van der Waals surface area (Å²) in [6.45, 7) is 7.38. The Morgan fingerprint density at radius 2 is 1.88 bits per heavy atom. The van der Waals surface area contributed by atoms with Gasteiger partial charge in [-0.15, -0.1) is 12.3 Å². The minimum Gasteiger partial charge on any atom is -0.444 e. The molecule has 1 aromatic carbocycles. The molecule has 0 aliphatic carbocycles. The van der Waals surface area contributed by atoms with E-state index in [1.54, 1.807) is 27.7 Å². The predicted molar refractivity (Wildman–Crippen MR) is 96.9 cm³/mol. The number of carbonyl (C=O) groups excluding carboxylic acids is 2. The first-order valence-electron chi connectivity index (χ1n) is 8.34. The molecule has 0 aliphatic rings. The summed E-state index contributed by atoms with van der Waals surface area (Å²) in [5, 5.41) is 2.61. The number of alkyl carbamates (subject to hydrolysis) is 1. The third-order valence-corrected chi connectivity index (χ3v) is 3.36. The van der Waals surface area contributed by atoms with Crippen LogP contribution in [0.2, 0.25) is 0 Å². The second-order valence-electron chi connectivity index (χ2n) is 6.80. The summed E-state index contributed by atoms with van der Waals surface area (Å²) in [6.07, 6.45) is 4.55. The number of ketones is 1. The number of benzene rings is 1. The molecule has 25 heavy (non-hydrogen) atoms. The number of nitrogens with one attached hydrogen (secondary N) is 1. The third kappa shape index (κ3) is 8.37. The highest BCUT2D eigenvalue weighted by Gasteiger charge is 2.29. The number of hydrogen-bond donors (Lipinski definition) is 1. The van der Waals surface area contributed by atoms with Crippen LogP contribution in [0.4, 0.5) is 4.79 Å². The van der Waals surface area contributed by atoms with Crippen molar-refractivity contribution in [3.63, 3.8) is 0 Å². The monoisotopic (exact) mass is 345 g/mol. The van der Waals surface area contributed by atoms with Crippen LogP contribution in [0.3, 0.4) is 0 Å². The fraction of sp³-hybridized carbons (Fsp3) is 0.500. The Kier molecular flexibility index (Phi) is 8.17. The summed E-state index contributed by atoms with van der Waals surface area (Å²) < 4.78 is 11.0. The van der Waals surface area contributed by atoms with Gasteiger partial charge in [0.2, 0.25) is 0 Å². The van der Waals surface area contributed by atoms with E-state index >= 15 is 0 Å². The van der Waals surface area contributed by atoms with Crippen molar-refractivity contribution in [3.8, 4) is 12.3 Å². The Labute approximate surface area is 150 Å². The number of ether oxygens (including phenoxy) is 2. The zero-order valence-electron chi connectivity index (χ0n) is 15.4. The third-order valence-electron chi connectivity index (χ3n) is 3.36. The van der Waals surface area contributed by atoms with E-state index in [0.717, 1.165) is 5.56 Å². The fourth-order valence-corrected chi connectivity index (χ4v) is 2.14. The average Bonchev–Trinajstić information content (AvgIpc) is 2.54. The smallest absolute Gasteiger partial charge is 0.408 e. The van der Waals surface area contributed by atoms with Crippen molar-refractivity contribution in [2.45, 2.75) is 64.9 Å². The molecule has 0 saturated heterocycles. The van der Waals surface area contributed by atoms with Crippen LogP contribution in [0.25, 0.3) is 0 Å². The number of terminal acetylenes is 1. The maximum atomic E-state index is 12.4. The highest BCUT2D eigenvalue weighted by Crippen LogP contribution is 2.11. The van der Waals surface area contributed by atoms with Gasteiger partial charge in [-0.05, 0) is 33.3 Å². The number of carbonyl (C=O) groups is 2. The molecule has 0 saturated carbocycles. The molecule has 0 aromatic heterocycles. The molecule has 2 atom stereocenters. The van der Waals surface area contributed by atoms with Gasteiger partial charge in [0, 0.05) is 12.8 Å². The van der Waals surface area contributed by atoms with Gasteiger partial charge in [-0.1, -0.05) is 30.3 Å².